The van der Waals surface area contributed by atoms with Crippen LogP contribution in [-0.2, 0) is 17.5 Å². The average Bonchev–Trinajstić information content (AvgIpc) is 3.53. The Hall–Kier alpha value is -3.60. The fourth-order valence-corrected chi connectivity index (χ4v) is 4.29. The molecule has 2 aromatic carbocycles. The number of ether oxygens (including phenoxy) is 1. The largest absolute Gasteiger partial charge is 0.457 e. The van der Waals surface area contributed by atoms with Gasteiger partial charge in [-0.1, -0.05) is 17.7 Å². The number of hydrogen-bond acceptors (Lipinski definition) is 5. The van der Waals surface area contributed by atoms with Crippen molar-refractivity contribution in [2.24, 2.45) is 0 Å². The molecule has 0 bridgehead atoms. The monoisotopic (exact) mass is 522 g/mol. The summed E-state index contributed by atoms with van der Waals surface area (Å²) in [6, 6.07) is 7.53. The number of anilines is 1. The lowest BCUT2D eigenvalue weighted by Crippen LogP contribution is -2.21. The summed E-state index contributed by atoms with van der Waals surface area (Å²) in [6.07, 6.45) is -3.47. The molecule has 36 heavy (non-hydrogen) atoms. The number of non-ortho nitro benzene ring substituents is 1. The summed E-state index contributed by atoms with van der Waals surface area (Å²) in [7, 11) is 0. The van der Waals surface area contributed by atoms with E-state index in [1.807, 2.05) is 26.8 Å². The van der Waals surface area contributed by atoms with Gasteiger partial charge in [0.1, 0.15) is 18.0 Å². The van der Waals surface area contributed by atoms with E-state index >= 15 is 0 Å². The van der Waals surface area contributed by atoms with Crippen molar-refractivity contribution >= 4 is 28.9 Å². The molecule has 0 radical (unpaired) electrons. The van der Waals surface area contributed by atoms with Crippen LogP contribution in [0.1, 0.15) is 46.8 Å². The second-order valence-electron chi connectivity index (χ2n) is 8.81. The van der Waals surface area contributed by atoms with Crippen LogP contribution in [0.2, 0.25) is 5.02 Å². The topological polar surface area (TPSA) is 99.3 Å². The maximum absolute atomic E-state index is 13.3. The van der Waals surface area contributed by atoms with E-state index in [2.05, 4.69) is 10.4 Å². The SMILES string of the molecule is Cc1cc(C)c(C)c(Oc2cc(NC(=O)Cn3nc(C(F)(F)F)c(Cl)c3C3CC3)cc([N+](=O)[O-])c2)c1. The molecular formula is C24H22ClF3N4O4. The highest BCUT2D eigenvalue weighted by Crippen LogP contribution is 2.47. The zero-order chi connectivity index (χ0) is 26.4. The number of aryl methyl sites for hydroxylation is 2. The number of halogens is 4. The summed E-state index contributed by atoms with van der Waals surface area (Å²) >= 11 is 5.95. The Balaban J connectivity index is 1.60. The molecule has 1 saturated carbocycles. The van der Waals surface area contributed by atoms with Gasteiger partial charge >= 0.3 is 6.18 Å². The summed E-state index contributed by atoms with van der Waals surface area (Å²) in [5.74, 6) is -0.301. The number of aromatic nitrogens is 2. The molecule has 1 fully saturated rings. The Morgan fingerprint density at radius 1 is 1.22 bits per heavy atom. The van der Waals surface area contributed by atoms with E-state index in [0.717, 1.165) is 27.4 Å². The number of nitro benzene ring substituents is 1. The molecule has 8 nitrogen and oxygen atoms in total. The van der Waals surface area contributed by atoms with E-state index in [1.165, 1.54) is 12.1 Å². The molecule has 0 aliphatic heterocycles. The summed E-state index contributed by atoms with van der Waals surface area (Å²) in [5, 5.41) is 17.0. The van der Waals surface area contributed by atoms with Gasteiger partial charge in [0.15, 0.2) is 5.69 Å². The number of rotatable bonds is 7. The Morgan fingerprint density at radius 3 is 2.53 bits per heavy atom. The van der Waals surface area contributed by atoms with Crippen LogP contribution in [0.25, 0.3) is 0 Å². The van der Waals surface area contributed by atoms with Crippen LogP contribution in [-0.4, -0.2) is 20.6 Å². The van der Waals surface area contributed by atoms with Crippen LogP contribution in [0.4, 0.5) is 24.5 Å². The molecule has 1 amide bonds. The number of hydrogen-bond donors (Lipinski definition) is 1. The van der Waals surface area contributed by atoms with Crippen LogP contribution in [0, 0.1) is 30.9 Å². The van der Waals surface area contributed by atoms with Gasteiger partial charge in [0.2, 0.25) is 5.91 Å². The van der Waals surface area contributed by atoms with Crippen molar-refractivity contribution < 1.29 is 27.6 Å². The molecule has 4 rings (SSSR count). The lowest BCUT2D eigenvalue weighted by molar-refractivity contribution is -0.384. The van der Waals surface area contributed by atoms with Gasteiger partial charge in [-0.25, -0.2) is 0 Å². The Morgan fingerprint density at radius 2 is 1.92 bits per heavy atom. The molecule has 0 atom stereocenters. The third kappa shape index (κ3) is 5.46. The smallest absolute Gasteiger partial charge is 0.436 e. The molecule has 0 unspecified atom stereocenters. The number of nitrogens with zero attached hydrogens (tertiary/aromatic N) is 3. The predicted molar refractivity (Wildman–Crippen MR) is 127 cm³/mol. The van der Waals surface area contributed by atoms with Crippen molar-refractivity contribution in [2.45, 2.75) is 52.3 Å². The van der Waals surface area contributed by atoms with Crippen molar-refractivity contribution in [3.8, 4) is 11.5 Å². The number of nitrogens with one attached hydrogen (secondary N) is 1. The van der Waals surface area contributed by atoms with Crippen molar-refractivity contribution in [3.63, 3.8) is 0 Å². The molecule has 1 N–H and O–H groups in total. The molecule has 1 aliphatic rings. The number of benzene rings is 2. The first-order chi connectivity index (χ1) is 16.8. The molecule has 1 heterocycles. The molecule has 0 spiro atoms. The molecule has 1 aromatic heterocycles. The lowest BCUT2D eigenvalue weighted by atomic mass is 10.1. The average molecular weight is 523 g/mol. The second-order valence-corrected chi connectivity index (χ2v) is 9.18. The third-order valence-electron chi connectivity index (χ3n) is 5.84. The highest BCUT2D eigenvalue weighted by atomic mass is 35.5. The van der Waals surface area contributed by atoms with Crippen LogP contribution in [0.5, 0.6) is 11.5 Å². The third-order valence-corrected chi connectivity index (χ3v) is 6.21. The summed E-state index contributed by atoms with van der Waals surface area (Å²) in [5.41, 5.74) is 1.40. The zero-order valence-corrected chi connectivity index (χ0v) is 20.3. The lowest BCUT2D eigenvalue weighted by Gasteiger charge is -2.13. The molecule has 3 aromatic rings. The summed E-state index contributed by atoms with van der Waals surface area (Å²) in [6.45, 7) is 5.11. The number of nitro groups is 1. The van der Waals surface area contributed by atoms with Gasteiger partial charge < -0.3 is 10.1 Å². The normalized spacial score (nSPS) is 13.5. The number of alkyl halides is 3. The minimum Gasteiger partial charge on any atom is -0.457 e. The molecule has 0 saturated heterocycles. The van der Waals surface area contributed by atoms with Crippen LogP contribution in [0.3, 0.4) is 0 Å². The zero-order valence-electron chi connectivity index (χ0n) is 19.6. The Kier molecular flexibility index (Phi) is 6.70. The second kappa shape index (κ2) is 9.45. The van der Waals surface area contributed by atoms with Crippen LogP contribution < -0.4 is 10.1 Å². The van der Waals surface area contributed by atoms with E-state index in [0.29, 0.717) is 18.6 Å². The van der Waals surface area contributed by atoms with Crippen molar-refractivity contribution in [1.29, 1.82) is 0 Å². The van der Waals surface area contributed by atoms with Crippen LogP contribution >= 0.6 is 11.6 Å². The Labute approximate surface area is 209 Å². The van der Waals surface area contributed by atoms with E-state index in [9.17, 15) is 28.1 Å². The van der Waals surface area contributed by atoms with Crippen molar-refractivity contribution in [1.82, 2.24) is 9.78 Å². The molecule has 190 valence electrons. The van der Waals surface area contributed by atoms with Gasteiger partial charge in [-0.15, -0.1) is 0 Å². The fraction of sp³-hybridized carbons (Fsp3) is 0.333. The standard InChI is InChI=1S/C24H22ClF3N4O4/c1-12-6-13(2)14(3)19(7-12)36-18-9-16(8-17(10-18)32(34)35)29-20(33)11-31-22(15-4-5-15)21(25)23(30-31)24(26,27)28/h6-10,15H,4-5,11H2,1-3H3,(H,29,33). The fourth-order valence-electron chi connectivity index (χ4n) is 3.89. The van der Waals surface area contributed by atoms with E-state index in [-0.39, 0.29) is 28.7 Å². The van der Waals surface area contributed by atoms with Gasteiger partial charge in [-0.2, -0.15) is 18.3 Å². The van der Waals surface area contributed by atoms with Gasteiger partial charge in [0, 0.05) is 18.1 Å². The molecule has 12 heteroatoms. The quantitative estimate of drug-likeness (QED) is 0.275. The van der Waals surface area contributed by atoms with Gasteiger partial charge in [-0.05, 0) is 56.4 Å². The van der Waals surface area contributed by atoms with E-state index < -0.39 is 34.3 Å². The number of carbonyl (C=O) groups is 1. The van der Waals surface area contributed by atoms with Crippen molar-refractivity contribution in [3.05, 3.63) is 73.5 Å². The first-order valence-electron chi connectivity index (χ1n) is 11.0. The number of carbonyl (C=O) groups excluding carboxylic acids is 1. The highest BCUT2D eigenvalue weighted by Gasteiger charge is 2.42. The van der Waals surface area contributed by atoms with Crippen molar-refractivity contribution in [2.75, 3.05) is 5.32 Å². The Bertz CT molecular complexity index is 1370. The van der Waals surface area contributed by atoms with E-state index in [1.54, 1.807) is 6.07 Å². The highest BCUT2D eigenvalue weighted by molar-refractivity contribution is 6.32. The minimum absolute atomic E-state index is 0.0495. The summed E-state index contributed by atoms with van der Waals surface area (Å²) < 4.78 is 46.7. The summed E-state index contributed by atoms with van der Waals surface area (Å²) in [4.78, 5) is 23.6. The maximum atomic E-state index is 13.3. The molecule has 1 aliphatic carbocycles. The van der Waals surface area contributed by atoms with Crippen LogP contribution in [0.15, 0.2) is 30.3 Å². The number of amides is 1. The first-order valence-corrected chi connectivity index (χ1v) is 11.4. The minimum atomic E-state index is -4.76. The predicted octanol–water partition coefficient (Wildman–Crippen LogP) is 6.70. The molecular weight excluding hydrogens is 501 g/mol. The first kappa shape index (κ1) is 25.5. The maximum Gasteiger partial charge on any atom is 0.436 e. The van der Waals surface area contributed by atoms with E-state index in [4.69, 9.17) is 16.3 Å². The van der Waals surface area contributed by atoms with Gasteiger partial charge in [-0.3, -0.25) is 19.6 Å². The van der Waals surface area contributed by atoms with Gasteiger partial charge in [0.05, 0.1) is 27.4 Å². The van der Waals surface area contributed by atoms with Gasteiger partial charge in [0.25, 0.3) is 5.69 Å².